The van der Waals surface area contributed by atoms with Gasteiger partial charge >= 0.3 is 0 Å². The van der Waals surface area contributed by atoms with Gasteiger partial charge in [-0.1, -0.05) is 74.5 Å². The number of phenols is 2. The molecule has 0 unspecified atom stereocenters. The van der Waals surface area contributed by atoms with Gasteiger partial charge in [-0.2, -0.15) is 0 Å². The van der Waals surface area contributed by atoms with E-state index in [2.05, 4.69) is 52.2 Å². The quantitative estimate of drug-likeness (QED) is 0.0180. The van der Waals surface area contributed by atoms with Gasteiger partial charge in [-0.3, -0.25) is 43.3 Å². The third kappa shape index (κ3) is 17.8. The zero-order valence-corrected chi connectivity index (χ0v) is 47.9. The lowest BCUT2D eigenvalue weighted by atomic mass is 9.99. The molecule has 1 saturated heterocycles. The average Bonchev–Trinajstić information content (AvgIpc) is 4.20. The second-order valence-electron chi connectivity index (χ2n) is 21.6. The monoisotopic (exact) mass is 1170 g/mol. The van der Waals surface area contributed by atoms with Gasteiger partial charge in [-0.25, -0.2) is 0 Å². The van der Waals surface area contributed by atoms with Crippen molar-refractivity contribution in [3.63, 3.8) is 0 Å². The summed E-state index contributed by atoms with van der Waals surface area (Å²) in [5.41, 5.74) is 14.9. The van der Waals surface area contributed by atoms with Crippen LogP contribution < -0.4 is 48.7 Å². The fourth-order valence-electron chi connectivity index (χ4n) is 10.4. The lowest BCUT2D eigenvalue weighted by Crippen LogP contribution is -2.61. The molecule has 0 saturated carbocycles. The van der Waals surface area contributed by atoms with Gasteiger partial charge in [-0.15, -0.1) is 0 Å². The first-order valence-electron chi connectivity index (χ1n) is 28.5. The fraction of sp³-hybridized carbons (Fsp3) is 0.393. The third-order valence-electron chi connectivity index (χ3n) is 14.7. The SMILES string of the molecule is CCNC(=O)[C@@H]1CCCN1C(=O)[C@H](CCCN=C(N)N)NC(=O)[C@H](CC(C)C)NC(=O)[C@@H](Cc1c[nH]c2ccccc12)NC(=O)[C@H](Cc1ccc(O)cc1)NC(=O)[C@H](CO)NC(=O)[C@H](Cc1c[nH]c2ccccc12)NC(=O)Cc1ccc(O)cc1. The predicted molar refractivity (Wildman–Crippen MR) is 319 cm³/mol. The zero-order chi connectivity index (χ0) is 61.2. The molecule has 0 aliphatic carbocycles. The Hall–Kier alpha value is -9.45. The van der Waals surface area contributed by atoms with Crippen LogP contribution in [0.3, 0.4) is 0 Å². The van der Waals surface area contributed by atoms with Crippen LogP contribution in [-0.2, 0) is 64.0 Å². The number of aliphatic hydroxyl groups excluding tert-OH is 1. The van der Waals surface area contributed by atoms with E-state index in [0.29, 0.717) is 41.6 Å². The minimum atomic E-state index is -1.69. The molecule has 0 spiro atoms. The van der Waals surface area contributed by atoms with Crippen LogP contribution in [0.2, 0.25) is 0 Å². The number of nitrogens with one attached hydrogen (secondary N) is 9. The van der Waals surface area contributed by atoms with Crippen LogP contribution in [0.15, 0.2) is 114 Å². The van der Waals surface area contributed by atoms with Gasteiger partial charge < -0.3 is 78.9 Å². The van der Waals surface area contributed by atoms with Gasteiger partial charge in [0.25, 0.3) is 0 Å². The van der Waals surface area contributed by atoms with Crippen LogP contribution in [0, 0.1) is 5.92 Å². The Balaban J connectivity index is 1.14. The van der Waals surface area contributed by atoms with Crippen LogP contribution in [0.1, 0.15) is 75.1 Å². The highest BCUT2D eigenvalue weighted by Crippen LogP contribution is 2.24. The molecule has 7 rings (SSSR count). The van der Waals surface area contributed by atoms with Crippen molar-refractivity contribution in [3.8, 4) is 11.5 Å². The highest BCUT2D eigenvalue weighted by atomic mass is 16.3. The summed E-state index contributed by atoms with van der Waals surface area (Å²) in [7, 11) is 0. The van der Waals surface area contributed by atoms with Crippen molar-refractivity contribution >= 4 is 75.0 Å². The smallest absolute Gasteiger partial charge is 0.245 e. The van der Waals surface area contributed by atoms with Crippen molar-refractivity contribution in [1.82, 2.24) is 52.1 Å². The van der Waals surface area contributed by atoms with Crippen molar-refractivity contribution in [1.29, 1.82) is 0 Å². The van der Waals surface area contributed by atoms with Crippen LogP contribution in [-0.4, -0.2) is 152 Å². The van der Waals surface area contributed by atoms with Crippen LogP contribution in [0.25, 0.3) is 21.8 Å². The number of aliphatic imine (C=N–C) groups is 1. The minimum absolute atomic E-state index is 0.00259. The number of nitrogens with zero attached hydrogens (tertiary/aromatic N) is 2. The molecule has 3 heterocycles. The Morgan fingerprint density at radius 1 is 0.624 bits per heavy atom. The van der Waals surface area contributed by atoms with E-state index in [1.807, 2.05) is 62.4 Å². The number of benzene rings is 4. The van der Waals surface area contributed by atoms with Crippen molar-refractivity contribution in [2.45, 2.75) is 121 Å². The summed E-state index contributed by atoms with van der Waals surface area (Å²) >= 11 is 0. The van der Waals surface area contributed by atoms with Gasteiger partial charge in [-0.05, 0) is 104 Å². The molecule has 4 aromatic carbocycles. The normalized spacial score (nSPS) is 15.2. The summed E-state index contributed by atoms with van der Waals surface area (Å²) < 4.78 is 0. The summed E-state index contributed by atoms with van der Waals surface area (Å²) in [6.07, 6.45) is 4.26. The number of aromatic nitrogens is 2. The van der Waals surface area contributed by atoms with E-state index in [1.165, 1.54) is 41.3 Å². The number of fused-ring (bicyclic) bond motifs is 2. The van der Waals surface area contributed by atoms with E-state index in [4.69, 9.17) is 11.5 Å². The number of likely N-dealkylation sites (tertiary alicyclic amines) is 1. The Morgan fingerprint density at radius 3 is 1.65 bits per heavy atom. The van der Waals surface area contributed by atoms with E-state index in [1.54, 1.807) is 31.5 Å². The van der Waals surface area contributed by atoms with Gasteiger partial charge in [0.2, 0.25) is 47.3 Å². The molecule has 24 nitrogen and oxygen atoms in total. The van der Waals surface area contributed by atoms with Crippen molar-refractivity contribution in [2.75, 3.05) is 26.2 Å². The number of carbonyl (C=O) groups excluding carboxylic acids is 8. The molecule has 16 N–H and O–H groups in total. The first kappa shape index (κ1) is 63.1. The molecule has 2 aromatic heterocycles. The summed E-state index contributed by atoms with van der Waals surface area (Å²) in [5.74, 6) is -6.00. The largest absolute Gasteiger partial charge is 0.508 e. The minimum Gasteiger partial charge on any atom is -0.508 e. The van der Waals surface area contributed by atoms with Gasteiger partial charge in [0.05, 0.1) is 13.0 Å². The zero-order valence-electron chi connectivity index (χ0n) is 47.9. The summed E-state index contributed by atoms with van der Waals surface area (Å²) in [4.78, 5) is 126. The number of hydrogen-bond acceptors (Lipinski definition) is 12. The van der Waals surface area contributed by atoms with Crippen molar-refractivity contribution < 1.29 is 53.7 Å². The second kappa shape index (κ2) is 30.2. The average molecular weight is 1170 g/mol. The number of amides is 8. The molecule has 0 bridgehead atoms. The molecule has 1 aliphatic rings. The van der Waals surface area contributed by atoms with Gasteiger partial charge in [0.1, 0.15) is 53.8 Å². The molecule has 452 valence electrons. The molecule has 85 heavy (non-hydrogen) atoms. The first-order valence-corrected chi connectivity index (χ1v) is 28.5. The Kier molecular flexibility index (Phi) is 22.4. The fourth-order valence-corrected chi connectivity index (χ4v) is 10.4. The van der Waals surface area contributed by atoms with Gasteiger partial charge in [0, 0.05) is 73.1 Å². The van der Waals surface area contributed by atoms with Gasteiger partial charge in [0.15, 0.2) is 5.96 Å². The number of aliphatic hydroxyl groups is 1. The van der Waals surface area contributed by atoms with E-state index >= 15 is 0 Å². The molecule has 7 atom stereocenters. The van der Waals surface area contributed by atoms with Crippen LogP contribution in [0.5, 0.6) is 11.5 Å². The number of hydrogen-bond donors (Lipinski definition) is 14. The Bertz CT molecular complexity index is 3320. The number of H-pyrrole nitrogens is 2. The highest BCUT2D eigenvalue weighted by molar-refractivity contribution is 5.99. The van der Waals surface area contributed by atoms with E-state index in [9.17, 15) is 53.7 Å². The topological polar surface area (TPSA) is 381 Å². The molecule has 1 fully saturated rings. The molecule has 8 amide bonds. The standard InChI is InChI=1S/C61H77N13O11/c1-4-64-59(84)52-16-10-26-74(52)60(85)46(15-9-25-65-61(62)63)69-54(79)47(27-35(2)3)70-57(82)50(31-39-33-67-45-14-8-6-12-43(39)45)72-55(80)48(28-36-17-21-40(76)22-18-36)71-58(83)51(34-75)73-56(81)49(30-38-32-66-44-13-7-5-11-42(38)44)68-53(78)29-37-19-23-41(77)24-20-37/h5-8,11-14,17-24,32-33,35,46-52,66-67,75-77H,4,9-10,15-16,25-31,34H2,1-3H3,(H,64,84)(H,68,78)(H,69,79)(H,70,82)(H,71,83)(H,72,80)(H,73,81)(H4,62,63,65)/t46-,47-,48-,49-,50+,51-,52-/m0/s1. The maximum absolute atomic E-state index is 15.0. The van der Waals surface area contributed by atoms with Crippen molar-refractivity contribution in [3.05, 3.63) is 132 Å². The molecule has 24 heteroatoms. The summed E-state index contributed by atoms with van der Waals surface area (Å²) in [5, 5.41) is 51.5. The van der Waals surface area contributed by atoms with E-state index in [0.717, 1.165) is 21.8 Å². The number of likely N-dealkylation sites (N-methyl/N-ethyl adjacent to an activating group) is 1. The lowest BCUT2D eigenvalue weighted by Gasteiger charge is -2.30. The van der Waals surface area contributed by atoms with Crippen molar-refractivity contribution in [2.24, 2.45) is 22.4 Å². The highest BCUT2D eigenvalue weighted by Gasteiger charge is 2.39. The lowest BCUT2D eigenvalue weighted by molar-refractivity contribution is -0.142. The molecule has 0 radical (unpaired) electrons. The number of guanidine groups is 1. The van der Waals surface area contributed by atoms with E-state index < -0.39 is 90.3 Å². The first-order chi connectivity index (χ1) is 40.8. The maximum atomic E-state index is 15.0. The third-order valence-corrected chi connectivity index (χ3v) is 14.7. The van der Waals surface area contributed by atoms with Crippen LogP contribution >= 0.6 is 0 Å². The number of para-hydroxylation sites is 2. The predicted octanol–water partition coefficient (Wildman–Crippen LogP) is 1.46. The number of aromatic amines is 2. The molecular weight excluding hydrogens is 1090 g/mol. The Morgan fingerprint density at radius 2 is 1.11 bits per heavy atom. The maximum Gasteiger partial charge on any atom is 0.245 e. The molecular formula is C61H77N13O11. The number of nitrogens with two attached hydrogens (primary N) is 2. The second-order valence-corrected chi connectivity index (χ2v) is 21.6. The Labute approximate surface area is 491 Å². The summed E-state index contributed by atoms with van der Waals surface area (Å²) in [6.45, 7) is 5.28. The number of phenolic OH excluding ortho intramolecular Hbond substituents is 2. The summed E-state index contributed by atoms with van der Waals surface area (Å²) in [6, 6.07) is 17.3. The van der Waals surface area contributed by atoms with Crippen LogP contribution in [0.4, 0.5) is 0 Å². The number of carbonyl (C=O) groups is 8. The number of aromatic hydroxyl groups is 2. The number of rotatable bonds is 29. The molecule has 6 aromatic rings. The van der Waals surface area contributed by atoms with E-state index in [-0.39, 0.29) is 87.3 Å². The molecule has 1 aliphatic heterocycles.